The molecule has 0 N–H and O–H groups in total. The first kappa shape index (κ1) is 15.5. The Morgan fingerprint density at radius 1 is 1.00 bits per heavy atom. The summed E-state index contributed by atoms with van der Waals surface area (Å²) in [5.74, 6) is 1.36. The highest BCUT2D eigenvalue weighted by molar-refractivity contribution is 9.09. The van der Waals surface area contributed by atoms with Gasteiger partial charge in [-0.15, -0.1) is 0 Å². The molecule has 0 aliphatic carbocycles. The highest BCUT2D eigenvalue weighted by atomic mass is 79.9. The number of rotatable bonds is 4. The Morgan fingerprint density at radius 2 is 1.70 bits per heavy atom. The fourth-order valence-electron chi connectivity index (χ4n) is 1.91. The van der Waals surface area contributed by atoms with Crippen LogP contribution in [-0.2, 0) is 0 Å². The van der Waals surface area contributed by atoms with Crippen LogP contribution in [0.5, 0.6) is 11.5 Å². The van der Waals surface area contributed by atoms with E-state index in [9.17, 15) is 0 Å². The van der Waals surface area contributed by atoms with Gasteiger partial charge in [-0.3, -0.25) is 0 Å². The van der Waals surface area contributed by atoms with Gasteiger partial charge < -0.3 is 9.47 Å². The molecule has 1 atom stereocenters. The molecule has 0 saturated carbocycles. The Hall–Kier alpha value is -0.900. The van der Waals surface area contributed by atoms with Gasteiger partial charge in [0.25, 0.3) is 0 Å². The summed E-state index contributed by atoms with van der Waals surface area (Å²) < 4.78 is 10.5. The SMILES string of the molecule is COc1ccc(C(Br)c2cccc(Cl)c2Cl)cc1OC. The lowest BCUT2D eigenvalue weighted by atomic mass is 10.0. The zero-order chi connectivity index (χ0) is 14.7. The van der Waals surface area contributed by atoms with E-state index in [2.05, 4.69) is 15.9 Å². The monoisotopic (exact) mass is 374 g/mol. The van der Waals surface area contributed by atoms with Gasteiger partial charge in [-0.2, -0.15) is 0 Å². The smallest absolute Gasteiger partial charge is 0.161 e. The third kappa shape index (κ3) is 3.05. The van der Waals surface area contributed by atoms with Crippen molar-refractivity contribution in [3.63, 3.8) is 0 Å². The van der Waals surface area contributed by atoms with Crippen LogP contribution in [0.3, 0.4) is 0 Å². The third-order valence-corrected chi connectivity index (χ3v) is 4.81. The van der Waals surface area contributed by atoms with Gasteiger partial charge in [0.2, 0.25) is 0 Å². The molecule has 0 spiro atoms. The van der Waals surface area contributed by atoms with E-state index < -0.39 is 0 Å². The van der Waals surface area contributed by atoms with Crippen molar-refractivity contribution in [2.24, 2.45) is 0 Å². The molecule has 0 aromatic heterocycles. The van der Waals surface area contributed by atoms with Crippen molar-refractivity contribution < 1.29 is 9.47 Å². The number of methoxy groups -OCH3 is 2. The molecule has 0 fully saturated rings. The van der Waals surface area contributed by atoms with Crippen LogP contribution in [0.2, 0.25) is 10.0 Å². The molecule has 2 nitrogen and oxygen atoms in total. The van der Waals surface area contributed by atoms with Crippen LogP contribution in [0.25, 0.3) is 0 Å². The minimum absolute atomic E-state index is 0.0755. The average Bonchev–Trinajstić information content (AvgIpc) is 2.48. The lowest BCUT2D eigenvalue weighted by Crippen LogP contribution is -1.97. The van der Waals surface area contributed by atoms with E-state index in [0.29, 0.717) is 21.5 Å². The summed E-state index contributed by atoms with van der Waals surface area (Å²) >= 11 is 16.0. The van der Waals surface area contributed by atoms with E-state index in [0.717, 1.165) is 11.1 Å². The number of ether oxygens (including phenoxy) is 2. The van der Waals surface area contributed by atoms with E-state index >= 15 is 0 Å². The second-order valence-corrected chi connectivity index (χ2v) is 5.82. The maximum atomic E-state index is 6.25. The Labute approximate surface area is 136 Å². The van der Waals surface area contributed by atoms with Gasteiger partial charge in [0.05, 0.1) is 29.1 Å². The molecular formula is C15H13BrCl2O2. The van der Waals surface area contributed by atoms with Crippen LogP contribution in [-0.4, -0.2) is 14.2 Å². The molecule has 0 heterocycles. The second-order valence-electron chi connectivity index (χ2n) is 4.12. The number of hydrogen-bond acceptors (Lipinski definition) is 2. The zero-order valence-corrected chi connectivity index (χ0v) is 14.1. The van der Waals surface area contributed by atoms with Crippen LogP contribution >= 0.6 is 39.1 Å². The Balaban J connectivity index is 2.43. The summed E-state index contributed by atoms with van der Waals surface area (Å²) in [5.41, 5.74) is 1.92. The molecule has 5 heteroatoms. The van der Waals surface area contributed by atoms with Crippen molar-refractivity contribution in [2.45, 2.75) is 4.83 Å². The summed E-state index contributed by atoms with van der Waals surface area (Å²) in [6.45, 7) is 0. The molecule has 20 heavy (non-hydrogen) atoms. The van der Waals surface area contributed by atoms with Gasteiger partial charge in [-0.1, -0.05) is 57.3 Å². The Morgan fingerprint density at radius 3 is 2.35 bits per heavy atom. The maximum absolute atomic E-state index is 6.25. The molecule has 2 rings (SSSR count). The standard InChI is InChI=1S/C15H13BrCl2O2/c1-19-12-7-6-9(8-13(12)20-2)14(16)10-4-3-5-11(17)15(10)18/h3-8,14H,1-2H3. The van der Waals surface area contributed by atoms with Gasteiger partial charge in [-0.25, -0.2) is 0 Å². The molecule has 0 radical (unpaired) electrons. The maximum Gasteiger partial charge on any atom is 0.161 e. The van der Waals surface area contributed by atoms with Crippen LogP contribution < -0.4 is 9.47 Å². The third-order valence-electron chi connectivity index (χ3n) is 2.95. The molecule has 1 unspecified atom stereocenters. The first-order valence-electron chi connectivity index (χ1n) is 5.88. The fraction of sp³-hybridized carbons (Fsp3) is 0.200. The van der Waals surface area contributed by atoms with Gasteiger partial charge in [0.1, 0.15) is 0 Å². The van der Waals surface area contributed by atoms with Crippen LogP contribution in [0.1, 0.15) is 16.0 Å². The molecule has 0 bridgehead atoms. The molecule has 0 aliphatic heterocycles. The highest BCUT2D eigenvalue weighted by Crippen LogP contribution is 2.40. The second kappa shape index (κ2) is 6.70. The lowest BCUT2D eigenvalue weighted by molar-refractivity contribution is 0.354. The van der Waals surface area contributed by atoms with E-state index in [1.807, 2.05) is 30.3 Å². The first-order chi connectivity index (χ1) is 9.58. The van der Waals surface area contributed by atoms with Gasteiger partial charge in [-0.05, 0) is 29.3 Å². The van der Waals surface area contributed by atoms with Crippen molar-refractivity contribution in [2.75, 3.05) is 14.2 Å². The Kier molecular flexibility index (Phi) is 5.19. The van der Waals surface area contributed by atoms with E-state index in [1.165, 1.54) is 0 Å². The van der Waals surface area contributed by atoms with E-state index in [1.54, 1.807) is 20.3 Å². The number of hydrogen-bond donors (Lipinski definition) is 0. The molecule has 0 saturated heterocycles. The van der Waals surface area contributed by atoms with Crippen molar-refractivity contribution in [3.8, 4) is 11.5 Å². The summed E-state index contributed by atoms with van der Waals surface area (Å²) in [5, 5.41) is 1.08. The van der Waals surface area contributed by atoms with Crippen molar-refractivity contribution in [1.82, 2.24) is 0 Å². The van der Waals surface area contributed by atoms with Crippen LogP contribution in [0.15, 0.2) is 36.4 Å². The van der Waals surface area contributed by atoms with Crippen LogP contribution in [0, 0.1) is 0 Å². The normalized spacial score (nSPS) is 12.1. The van der Waals surface area contributed by atoms with E-state index in [-0.39, 0.29) is 4.83 Å². The lowest BCUT2D eigenvalue weighted by Gasteiger charge is -2.15. The molecule has 0 aliphatic rings. The predicted molar refractivity (Wildman–Crippen MR) is 86.8 cm³/mol. The highest BCUT2D eigenvalue weighted by Gasteiger charge is 2.17. The summed E-state index contributed by atoms with van der Waals surface area (Å²) in [7, 11) is 3.22. The largest absolute Gasteiger partial charge is 0.493 e. The quantitative estimate of drug-likeness (QED) is 0.657. The van der Waals surface area contributed by atoms with Gasteiger partial charge in [0.15, 0.2) is 11.5 Å². The molecule has 2 aromatic carbocycles. The first-order valence-corrected chi connectivity index (χ1v) is 7.55. The zero-order valence-electron chi connectivity index (χ0n) is 11.0. The predicted octanol–water partition coefficient (Wildman–Crippen LogP) is 5.49. The molecule has 2 aromatic rings. The summed E-state index contributed by atoms with van der Waals surface area (Å²) in [6.07, 6.45) is 0. The Bertz CT molecular complexity index is 617. The average molecular weight is 376 g/mol. The van der Waals surface area contributed by atoms with Crippen molar-refractivity contribution in [1.29, 1.82) is 0 Å². The minimum Gasteiger partial charge on any atom is -0.493 e. The topological polar surface area (TPSA) is 18.5 Å². The number of benzene rings is 2. The van der Waals surface area contributed by atoms with Crippen LogP contribution in [0.4, 0.5) is 0 Å². The summed E-state index contributed by atoms with van der Waals surface area (Å²) in [6, 6.07) is 11.3. The minimum atomic E-state index is -0.0755. The van der Waals surface area contributed by atoms with Crippen molar-refractivity contribution in [3.05, 3.63) is 57.6 Å². The van der Waals surface area contributed by atoms with E-state index in [4.69, 9.17) is 32.7 Å². The van der Waals surface area contributed by atoms with Gasteiger partial charge in [0, 0.05) is 0 Å². The molecule has 0 amide bonds. The van der Waals surface area contributed by atoms with Gasteiger partial charge >= 0.3 is 0 Å². The van der Waals surface area contributed by atoms with Crippen molar-refractivity contribution >= 4 is 39.1 Å². The molecular weight excluding hydrogens is 363 g/mol. The summed E-state index contributed by atoms with van der Waals surface area (Å²) in [4.78, 5) is -0.0755. The number of alkyl halides is 1. The fourth-order valence-corrected chi connectivity index (χ4v) is 3.12. The molecule has 106 valence electrons. The number of halogens is 3.